The minimum absolute atomic E-state index is 0.0440. The number of rotatable bonds is 8. The summed E-state index contributed by atoms with van der Waals surface area (Å²) < 4.78 is 71.2. The maximum absolute atomic E-state index is 16.0. The van der Waals surface area contributed by atoms with Crippen LogP contribution >= 0.6 is 0 Å². The first-order chi connectivity index (χ1) is 22.3. The lowest BCUT2D eigenvalue weighted by Gasteiger charge is -2.56. The van der Waals surface area contributed by atoms with Crippen LogP contribution in [-0.4, -0.2) is 151 Å². The van der Waals surface area contributed by atoms with Crippen molar-refractivity contribution in [2.45, 2.75) is 98.4 Å². The van der Waals surface area contributed by atoms with Gasteiger partial charge in [-0.25, -0.2) is 0 Å². The SMILES string of the molecule is COC1CC([C@@H]2C3CC4OCOC4CC3[C@@H](NC(=O)C(F)(F)[C@]3(O)O[C@H](CO)[C@@H](O)[C@H](O)[C@H]3O)[C@H]3COC(=O)[C@H]23)CC(OC)C1OC. The van der Waals surface area contributed by atoms with Gasteiger partial charge in [0.25, 0.3) is 11.7 Å². The highest BCUT2D eigenvalue weighted by Crippen LogP contribution is 2.57. The number of nitrogens with one attached hydrogen (secondary N) is 1. The van der Waals surface area contributed by atoms with E-state index in [9.17, 15) is 35.1 Å². The van der Waals surface area contributed by atoms with Crippen LogP contribution in [0.15, 0.2) is 0 Å². The van der Waals surface area contributed by atoms with Crippen LogP contribution in [0.2, 0.25) is 0 Å². The predicted octanol–water partition coefficient (Wildman–Crippen LogP) is -2.09. The van der Waals surface area contributed by atoms with Gasteiger partial charge >= 0.3 is 11.9 Å². The van der Waals surface area contributed by atoms with E-state index in [0.29, 0.717) is 25.7 Å². The van der Waals surface area contributed by atoms with Crippen LogP contribution in [-0.2, 0) is 42.7 Å². The van der Waals surface area contributed by atoms with Gasteiger partial charge in [0, 0.05) is 33.3 Å². The van der Waals surface area contributed by atoms with Crippen LogP contribution in [0.5, 0.6) is 0 Å². The zero-order chi connectivity index (χ0) is 34.0. The number of aliphatic hydroxyl groups excluding tert-OH is 4. The fraction of sp³-hybridized carbons (Fsp3) is 0.933. The van der Waals surface area contributed by atoms with Crippen molar-refractivity contribution in [3.8, 4) is 0 Å². The molecule has 6 fully saturated rings. The molecule has 6 unspecified atom stereocenters. The number of aliphatic hydroxyl groups is 5. The summed E-state index contributed by atoms with van der Waals surface area (Å²) in [7, 11) is 4.73. The van der Waals surface area contributed by atoms with Gasteiger partial charge in [-0.15, -0.1) is 0 Å². The average molecular weight is 682 g/mol. The van der Waals surface area contributed by atoms with Gasteiger partial charge in [0.2, 0.25) is 0 Å². The lowest BCUT2D eigenvalue weighted by Crippen LogP contribution is -2.74. The fourth-order valence-corrected chi connectivity index (χ4v) is 9.47. The molecule has 15 atom stereocenters. The van der Waals surface area contributed by atoms with E-state index in [1.165, 1.54) is 0 Å². The van der Waals surface area contributed by atoms with Gasteiger partial charge in [-0.1, -0.05) is 0 Å². The molecule has 6 N–H and O–H groups in total. The highest BCUT2D eigenvalue weighted by atomic mass is 19.3. The second-order valence-corrected chi connectivity index (χ2v) is 13.7. The molecule has 1 amide bonds. The number of ether oxygens (including phenoxy) is 7. The molecular formula is C30H45F2NO14. The topological polar surface area (TPSA) is 212 Å². The number of halogens is 2. The molecule has 3 aliphatic heterocycles. The van der Waals surface area contributed by atoms with E-state index in [1.807, 2.05) is 0 Å². The van der Waals surface area contributed by atoms with E-state index in [2.05, 4.69) is 5.32 Å². The molecule has 17 heteroatoms. The molecule has 47 heavy (non-hydrogen) atoms. The molecule has 268 valence electrons. The number of alkyl halides is 2. The Balaban J connectivity index is 1.33. The molecule has 6 rings (SSSR count). The summed E-state index contributed by atoms with van der Waals surface area (Å²) in [6.07, 6.45) is -9.10. The fourth-order valence-electron chi connectivity index (χ4n) is 9.47. The third kappa shape index (κ3) is 5.59. The van der Waals surface area contributed by atoms with Crippen molar-refractivity contribution in [3.05, 3.63) is 0 Å². The first-order valence-corrected chi connectivity index (χ1v) is 16.0. The van der Waals surface area contributed by atoms with Gasteiger partial charge in [-0.2, -0.15) is 8.78 Å². The van der Waals surface area contributed by atoms with Crippen molar-refractivity contribution < 1.29 is 77.1 Å². The molecule has 3 saturated carbocycles. The van der Waals surface area contributed by atoms with E-state index in [1.54, 1.807) is 21.3 Å². The molecule has 3 heterocycles. The van der Waals surface area contributed by atoms with Crippen molar-refractivity contribution in [3.63, 3.8) is 0 Å². The largest absolute Gasteiger partial charge is 0.465 e. The summed E-state index contributed by atoms with van der Waals surface area (Å²) in [5.41, 5.74) is 0. The van der Waals surface area contributed by atoms with Crippen LogP contribution in [0.1, 0.15) is 25.7 Å². The Hall–Kier alpha value is -1.64. The van der Waals surface area contributed by atoms with Crippen molar-refractivity contribution >= 4 is 11.9 Å². The Labute approximate surface area is 269 Å². The average Bonchev–Trinajstić information content (AvgIpc) is 3.69. The number of fused-ring (bicyclic) bond motifs is 3. The smallest absolute Gasteiger partial charge is 0.379 e. The van der Waals surface area contributed by atoms with Gasteiger partial charge in [0.05, 0.1) is 43.5 Å². The number of methoxy groups -OCH3 is 3. The molecule has 0 bridgehead atoms. The first-order valence-electron chi connectivity index (χ1n) is 16.0. The maximum Gasteiger partial charge on any atom is 0.379 e. The van der Waals surface area contributed by atoms with Crippen molar-refractivity contribution in [1.29, 1.82) is 0 Å². The maximum atomic E-state index is 16.0. The van der Waals surface area contributed by atoms with Gasteiger partial charge in [0.1, 0.15) is 37.3 Å². The molecule has 0 spiro atoms. The standard InChI is InChI=1S/C30H45F2NO14/c1-41-17-4-11(5-18(42-2)25(17)43-3)20-12-6-15-16(46-10-45-15)7-13(12)22(14-9-44-27(38)21(14)20)33-28(39)29(31,32)30(40)26(37)24(36)23(35)19(8-34)47-30/h11-26,34-37,40H,4-10H2,1-3H3,(H,33,39)/t11?,12?,13?,14-,15?,16?,17?,18?,19+,20+,21-,22+,23+,24-,25?,26+,30+/m0/s1. The van der Waals surface area contributed by atoms with Crippen LogP contribution in [0.3, 0.4) is 0 Å². The Morgan fingerprint density at radius 2 is 1.57 bits per heavy atom. The molecule has 0 aromatic heterocycles. The number of amides is 1. The molecule has 6 aliphatic rings. The first kappa shape index (κ1) is 35.2. The summed E-state index contributed by atoms with van der Waals surface area (Å²) in [6, 6.07) is -1.06. The van der Waals surface area contributed by atoms with E-state index in [0.717, 1.165) is 0 Å². The van der Waals surface area contributed by atoms with E-state index < -0.39 is 78.4 Å². The molecule has 3 aliphatic carbocycles. The van der Waals surface area contributed by atoms with Crippen molar-refractivity contribution in [2.24, 2.45) is 35.5 Å². The van der Waals surface area contributed by atoms with Crippen LogP contribution < -0.4 is 5.32 Å². The van der Waals surface area contributed by atoms with E-state index >= 15 is 8.78 Å². The minimum Gasteiger partial charge on any atom is -0.465 e. The third-order valence-corrected chi connectivity index (χ3v) is 11.7. The normalized spacial score (nSPS) is 49.9. The number of hydrogen-bond donors (Lipinski definition) is 6. The Kier molecular flexibility index (Phi) is 9.92. The molecular weight excluding hydrogens is 636 g/mol. The van der Waals surface area contributed by atoms with Gasteiger partial charge in [-0.05, 0) is 49.4 Å². The van der Waals surface area contributed by atoms with Crippen LogP contribution in [0, 0.1) is 35.5 Å². The Bertz CT molecular complexity index is 1150. The van der Waals surface area contributed by atoms with Crippen LogP contribution in [0.4, 0.5) is 8.78 Å². The monoisotopic (exact) mass is 681 g/mol. The third-order valence-electron chi connectivity index (χ3n) is 11.7. The predicted molar refractivity (Wildman–Crippen MR) is 149 cm³/mol. The second kappa shape index (κ2) is 13.2. The van der Waals surface area contributed by atoms with Crippen molar-refractivity contribution in [1.82, 2.24) is 5.32 Å². The lowest BCUT2D eigenvalue weighted by atomic mass is 9.51. The summed E-state index contributed by atoms with van der Waals surface area (Å²) in [4.78, 5) is 27.0. The highest BCUT2D eigenvalue weighted by Gasteiger charge is 2.71. The molecule has 3 saturated heterocycles. The molecule has 0 aromatic carbocycles. The van der Waals surface area contributed by atoms with Gasteiger partial charge in [-0.3, -0.25) is 9.59 Å². The second-order valence-electron chi connectivity index (χ2n) is 13.7. The number of hydrogen-bond acceptors (Lipinski definition) is 14. The van der Waals surface area contributed by atoms with Gasteiger partial charge < -0.3 is 64.0 Å². The van der Waals surface area contributed by atoms with Gasteiger partial charge in [0.15, 0.2) is 0 Å². The number of cyclic esters (lactones) is 1. The Morgan fingerprint density at radius 1 is 0.957 bits per heavy atom. The zero-order valence-corrected chi connectivity index (χ0v) is 26.4. The molecule has 0 aromatic rings. The summed E-state index contributed by atoms with van der Waals surface area (Å²) in [5.74, 6) is -14.2. The quantitative estimate of drug-likeness (QED) is 0.152. The van der Waals surface area contributed by atoms with Crippen LogP contribution in [0.25, 0.3) is 0 Å². The van der Waals surface area contributed by atoms with Crippen molar-refractivity contribution in [2.75, 3.05) is 41.3 Å². The number of carbonyl (C=O) groups excluding carboxylic acids is 2. The minimum atomic E-state index is -4.90. The number of esters is 1. The lowest BCUT2D eigenvalue weighted by molar-refractivity contribution is -0.401. The molecule has 15 nitrogen and oxygen atoms in total. The highest BCUT2D eigenvalue weighted by molar-refractivity contribution is 5.85. The summed E-state index contributed by atoms with van der Waals surface area (Å²) in [5, 5.41) is 53.3. The van der Waals surface area contributed by atoms with E-state index in [-0.39, 0.29) is 61.7 Å². The summed E-state index contributed by atoms with van der Waals surface area (Å²) in [6.45, 7) is -1.21. The Morgan fingerprint density at radius 3 is 2.15 bits per heavy atom. The zero-order valence-electron chi connectivity index (χ0n) is 26.4. The van der Waals surface area contributed by atoms with E-state index in [4.69, 9.17) is 33.2 Å². The number of carbonyl (C=O) groups is 2. The molecule has 0 radical (unpaired) electrons. The summed E-state index contributed by atoms with van der Waals surface area (Å²) >= 11 is 0.